The number of hydrogen-bond donors (Lipinski definition) is 3. The molecule has 1 aliphatic rings. The molecular formula is C34H30FIN2O9. The molecule has 4 aromatic rings. The Kier molecular flexibility index (Phi) is 10.7. The first kappa shape index (κ1) is 33.8. The first-order valence-electron chi connectivity index (χ1n) is 14.5. The highest BCUT2D eigenvalue weighted by Gasteiger charge is 2.42. The number of nitrogens with zero attached hydrogens (tertiary/aromatic N) is 1. The fourth-order valence-corrected chi connectivity index (χ4v) is 6.08. The molecule has 0 radical (unpaired) electrons. The molecule has 244 valence electrons. The van der Waals surface area contributed by atoms with E-state index in [0.717, 1.165) is 0 Å². The van der Waals surface area contributed by atoms with Crippen LogP contribution in [0.3, 0.4) is 0 Å². The van der Waals surface area contributed by atoms with Gasteiger partial charge in [-0.25, -0.2) is 9.18 Å². The number of methoxy groups -OCH3 is 1. The van der Waals surface area contributed by atoms with E-state index in [1.807, 2.05) is 22.6 Å². The van der Waals surface area contributed by atoms with E-state index in [-0.39, 0.29) is 54.3 Å². The van der Waals surface area contributed by atoms with Crippen LogP contribution in [0.5, 0.6) is 11.5 Å². The van der Waals surface area contributed by atoms with Gasteiger partial charge >= 0.3 is 5.63 Å². The third-order valence-electron chi connectivity index (χ3n) is 7.66. The van der Waals surface area contributed by atoms with Crippen molar-refractivity contribution in [3.63, 3.8) is 0 Å². The van der Waals surface area contributed by atoms with Crippen molar-refractivity contribution in [2.75, 3.05) is 20.3 Å². The van der Waals surface area contributed by atoms with E-state index in [1.165, 1.54) is 54.5 Å². The second kappa shape index (κ2) is 14.9. The second-order valence-corrected chi connectivity index (χ2v) is 11.9. The lowest BCUT2D eigenvalue weighted by Crippen LogP contribution is -2.55. The zero-order valence-electron chi connectivity index (χ0n) is 25.0. The van der Waals surface area contributed by atoms with Crippen molar-refractivity contribution >= 4 is 51.7 Å². The SMILES string of the molecule is COc1cc(C=O)cc(I)c1O[C@H]1C=C(C(=O)NCCO)C[C@@H](N(Cc2ccc(F)cc2)C(=O)c2cc3ccccc3oc2=O)[C@@H]1O. The smallest absolute Gasteiger partial charge is 0.349 e. The minimum absolute atomic E-state index is 0.0514. The van der Waals surface area contributed by atoms with Gasteiger partial charge in [-0.1, -0.05) is 30.3 Å². The van der Waals surface area contributed by atoms with E-state index in [1.54, 1.807) is 30.3 Å². The molecule has 3 atom stereocenters. The van der Waals surface area contributed by atoms with Gasteiger partial charge in [0.15, 0.2) is 11.5 Å². The van der Waals surface area contributed by atoms with Crippen LogP contribution in [0.2, 0.25) is 0 Å². The molecule has 0 aliphatic heterocycles. The average Bonchev–Trinajstić information content (AvgIpc) is 3.07. The topological polar surface area (TPSA) is 156 Å². The number of carbonyl (C=O) groups excluding carboxylic acids is 3. The molecule has 1 heterocycles. The van der Waals surface area contributed by atoms with E-state index < -0.39 is 41.5 Å². The van der Waals surface area contributed by atoms with Crippen LogP contribution in [0.15, 0.2) is 87.6 Å². The van der Waals surface area contributed by atoms with Gasteiger partial charge in [-0.15, -0.1) is 0 Å². The van der Waals surface area contributed by atoms with Gasteiger partial charge in [0.1, 0.15) is 35.5 Å². The van der Waals surface area contributed by atoms with Crippen molar-refractivity contribution in [3.05, 3.63) is 115 Å². The number of amides is 2. The largest absolute Gasteiger partial charge is 0.493 e. The predicted molar refractivity (Wildman–Crippen MR) is 177 cm³/mol. The Morgan fingerprint density at radius 1 is 1.15 bits per heavy atom. The third-order valence-corrected chi connectivity index (χ3v) is 8.46. The van der Waals surface area contributed by atoms with Gasteiger partial charge in [0.05, 0.1) is 23.3 Å². The maximum atomic E-state index is 14.3. The fourth-order valence-electron chi connectivity index (χ4n) is 5.33. The van der Waals surface area contributed by atoms with Crippen molar-refractivity contribution in [2.24, 2.45) is 0 Å². The number of nitrogens with one attached hydrogen (secondary N) is 1. The molecule has 1 aliphatic carbocycles. The Hall–Kier alpha value is -4.60. The Morgan fingerprint density at radius 2 is 1.89 bits per heavy atom. The molecule has 47 heavy (non-hydrogen) atoms. The summed E-state index contributed by atoms with van der Waals surface area (Å²) in [6, 6.07) is 15.3. The average molecular weight is 757 g/mol. The standard InChI is InChI=1S/C34H30FIN2O9/c1-45-29-13-20(18-40)12-25(36)31(29)46-28-16-22(32(42)37-10-11-39)15-26(30(28)41)38(17-19-6-8-23(35)9-7-19)33(43)24-14-21-4-2-3-5-27(21)47-34(24)44/h2-9,12-14,16,18,26,28,30,39,41H,10-11,15,17H2,1H3,(H,37,42)/t26-,28+,30+/m1/s1. The van der Waals surface area contributed by atoms with Crippen LogP contribution >= 0.6 is 22.6 Å². The quantitative estimate of drug-likeness (QED) is 0.118. The highest BCUT2D eigenvalue weighted by Crippen LogP contribution is 2.37. The van der Waals surface area contributed by atoms with Crippen LogP contribution in [0.25, 0.3) is 11.0 Å². The predicted octanol–water partition coefficient (Wildman–Crippen LogP) is 3.62. The lowest BCUT2D eigenvalue weighted by atomic mass is 9.87. The summed E-state index contributed by atoms with van der Waals surface area (Å²) in [7, 11) is 1.38. The normalized spacial score (nSPS) is 17.5. The van der Waals surface area contributed by atoms with Gasteiger partial charge in [-0.2, -0.15) is 0 Å². The van der Waals surface area contributed by atoms with E-state index in [4.69, 9.17) is 13.9 Å². The molecule has 3 aromatic carbocycles. The van der Waals surface area contributed by atoms with Crippen molar-refractivity contribution < 1.29 is 42.9 Å². The highest BCUT2D eigenvalue weighted by molar-refractivity contribution is 14.1. The van der Waals surface area contributed by atoms with Gasteiger partial charge in [-0.05, 0) is 70.6 Å². The number of para-hydroxylation sites is 1. The first-order valence-corrected chi connectivity index (χ1v) is 15.6. The number of hydrogen-bond acceptors (Lipinski definition) is 9. The van der Waals surface area contributed by atoms with E-state index in [2.05, 4.69) is 5.32 Å². The van der Waals surface area contributed by atoms with Crippen molar-refractivity contribution in [1.29, 1.82) is 0 Å². The van der Waals surface area contributed by atoms with E-state index in [9.17, 15) is 33.8 Å². The van der Waals surface area contributed by atoms with Crippen LogP contribution in [-0.2, 0) is 11.3 Å². The number of aliphatic hydroxyl groups excluding tert-OH is 2. The summed E-state index contributed by atoms with van der Waals surface area (Å²) in [6.45, 7) is -0.555. The van der Waals surface area contributed by atoms with Crippen LogP contribution < -0.4 is 20.4 Å². The molecule has 1 aromatic heterocycles. The summed E-state index contributed by atoms with van der Waals surface area (Å²) < 4.78 is 31.4. The van der Waals surface area contributed by atoms with Crippen molar-refractivity contribution in [2.45, 2.75) is 31.2 Å². The maximum Gasteiger partial charge on any atom is 0.349 e. The number of aldehydes is 1. The minimum Gasteiger partial charge on any atom is -0.493 e. The molecule has 0 spiro atoms. The van der Waals surface area contributed by atoms with Gasteiger partial charge < -0.3 is 34.3 Å². The Labute approximate surface area is 281 Å². The van der Waals surface area contributed by atoms with Crippen molar-refractivity contribution in [1.82, 2.24) is 10.2 Å². The summed E-state index contributed by atoms with van der Waals surface area (Å²) in [6.07, 6.45) is -0.798. The zero-order valence-corrected chi connectivity index (χ0v) is 27.2. The third kappa shape index (κ3) is 7.53. The summed E-state index contributed by atoms with van der Waals surface area (Å²) >= 11 is 1.95. The number of halogens is 2. The lowest BCUT2D eigenvalue weighted by molar-refractivity contribution is -0.118. The number of carbonyl (C=O) groups is 3. The molecule has 0 saturated carbocycles. The van der Waals surface area contributed by atoms with E-state index in [0.29, 0.717) is 26.4 Å². The van der Waals surface area contributed by atoms with E-state index >= 15 is 0 Å². The summed E-state index contributed by atoms with van der Waals surface area (Å²) in [5.41, 5.74) is 0.0143. The lowest BCUT2D eigenvalue weighted by Gasteiger charge is -2.40. The molecule has 3 N–H and O–H groups in total. The Bertz CT molecular complexity index is 1890. The van der Waals surface area contributed by atoms with Crippen LogP contribution in [-0.4, -0.2) is 71.7 Å². The van der Waals surface area contributed by atoms with Crippen LogP contribution in [0.4, 0.5) is 4.39 Å². The first-order chi connectivity index (χ1) is 22.6. The number of rotatable bonds is 11. The molecule has 11 nitrogen and oxygen atoms in total. The maximum absolute atomic E-state index is 14.3. The Balaban J connectivity index is 1.60. The minimum atomic E-state index is -1.47. The summed E-state index contributed by atoms with van der Waals surface area (Å²) in [5, 5.41) is 24.2. The van der Waals surface area contributed by atoms with Crippen molar-refractivity contribution in [3.8, 4) is 11.5 Å². The molecular weight excluding hydrogens is 726 g/mol. The Morgan fingerprint density at radius 3 is 2.60 bits per heavy atom. The summed E-state index contributed by atoms with van der Waals surface area (Å²) in [5.74, 6) is -1.48. The highest BCUT2D eigenvalue weighted by atomic mass is 127. The summed E-state index contributed by atoms with van der Waals surface area (Å²) in [4.78, 5) is 53.3. The number of aliphatic hydroxyl groups is 2. The number of fused-ring (bicyclic) bond motifs is 1. The molecule has 2 amide bonds. The second-order valence-electron chi connectivity index (χ2n) is 10.7. The van der Waals surface area contributed by atoms with Gasteiger partial charge in [0.25, 0.3) is 5.91 Å². The van der Waals surface area contributed by atoms with Crippen LogP contribution in [0.1, 0.15) is 32.7 Å². The molecule has 13 heteroatoms. The fraction of sp³-hybridized carbons (Fsp3) is 0.235. The van der Waals surface area contributed by atoms with Crippen LogP contribution in [0, 0.1) is 9.39 Å². The van der Waals surface area contributed by atoms with Gasteiger partial charge in [-0.3, -0.25) is 14.4 Å². The molecule has 0 bridgehead atoms. The molecule has 0 saturated heterocycles. The molecule has 0 fully saturated rings. The zero-order chi connectivity index (χ0) is 33.7. The van der Waals surface area contributed by atoms with Gasteiger partial charge in [0.2, 0.25) is 5.91 Å². The monoisotopic (exact) mass is 756 g/mol. The molecule has 0 unspecified atom stereocenters. The van der Waals surface area contributed by atoms with Gasteiger partial charge in [0, 0.05) is 36.0 Å². The molecule has 5 rings (SSSR count). The number of benzene rings is 3. The number of ether oxygens (including phenoxy) is 2.